The molecule has 1 aromatic rings. The van der Waals surface area contributed by atoms with Gasteiger partial charge in [0.1, 0.15) is 6.04 Å². The molecule has 0 bridgehead atoms. The van der Waals surface area contributed by atoms with Crippen molar-refractivity contribution >= 4 is 5.91 Å². The minimum absolute atomic E-state index is 0.0695. The van der Waals surface area contributed by atoms with E-state index < -0.39 is 60.1 Å². The molecule has 2 rings (SSSR count). The first kappa shape index (κ1) is 16.6. The lowest BCUT2D eigenvalue weighted by atomic mass is 9.97. The summed E-state index contributed by atoms with van der Waals surface area (Å²) in [6, 6.07) is -2.02. The van der Waals surface area contributed by atoms with Crippen LogP contribution < -0.4 is 5.73 Å². The summed E-state index contributed by atoms with van der Waals surface area (Å²) >= 11 is 0. The van der Waals surface area contributed by atoms with E-state index in [2.05, 4.69) is 0 Å². The molecule has 1 saturated heterocycles. The molecule has 1 aromatic carbocycles. The van der Waals surface area contributed by atoms with Crippen molar-refractivity contribution in [1.29, 1.82) is 0 Å². The second-order valence-corrected chi connectivity index (χ2v) is 5.11. The van der Waals surface area contributed by atoms with Crippen molar-refractivity contribution in [2.75, 3.05) is 6.54 Å². The van der Waals surface area contributed by atoms with Gasteiger partial charge in [-0.1, -0.05) is 0 Å². The summed E-state index contributed by atoms with van der Waals surface area (Å²) in [7, 11) is 0. The van der Waals surface area contributed by atoms with Crippen molar-refractivity contribution in [1.82, 2.24) is 4.90 Å². The maximum Gasteiger partial charge on any atom is 0.408 e. The van der Waals surface area contributed by atoms with Gasteiger partial charge in [-0.3, -0.25) is 4.79 Å². The zero-order valence-electron chi connectivity index (χ0n) is 11.1. The Morgan fingerprint density at radius 1 is 1.14 bits per heavy atom. The molecule has 1 aliphatic rings. The predicted molar refractivity (Wildman–Crippen MR) is 64.4 cm³/mol. The molecule has 1 heterocycles. The van der Waals surface area contributed by atoms with E-state index in [0.717, 1.165) is 0 Å². The number of likely N-dealkylation sites (tertiary alicyclic amines) is 1. The van der Waals surface area contributed by atoms with Gasteiger partial charge < -0.3 is 10.6 Å². The Balaban J connectivity index is 2.36. The first-order valence-corrected chi connectivity index (χ1v) is 6.39. The molecule has 0 aliphatic carbocycles. The SMILES string of the molecule is N[C@@H]1CC[C@@H](C(F)(F)F)N(C(=O)c2cc(F)c(F)c(F)c2)C1. The van der Waals surface area contributed by atoms with Gasteiger partial charge in [0.25, 0.3) is 5.91 Å². The Morgan fingerprint density at radius 3 is 2.18 bits per heavy atom. The van der Waals surface area contributed by atoms with E-state index in [9.17, 15) is 31.1 Å². The minimum Gasteiger partial charge on any atom is -0.326 e. The van der Waals surface area contributed by atoms with Crippen molar-refractivity contribution in [2.45, 2.75) is 31.1 Å². The lowest BCUT2D eigenvalue weighted by Gasteiger charge is -2.39. The average molecular weight is 326 g/mol. The molecular formula is C13H12F6N2O. The van der Waals surface area contributed by atoms with E-state index >= 15 is 0 Å². The predicted octanol–water partition coefficient (Wildman–Crippen LogP) is 2.60. The van der Waals surface area contributed by atoms with Gasteiger partial charge in [0.15, 0.2) is 17.5 Å². The molecule has 122 valence electrons. The fraction of sp³-hybridized carbons (Fsp3) is 0.462. The van der Waals surface area contributed by atoms with Crippen LogP contribution in [0.4, 0.5) is 26.3 Å². The van der Waals surface area contributed by atoms with E-state index in [0.29, 0.717) is 17.0 Å². The summed E-state index contributed by atoms with van der Waals surface area (Å²) in [5, 5.41) is 0. The van der Waals surface area contributed by atoms with Gasteiger partial charge in [-0.2, -0.15) is 13.2 Å². The number of rotatable bonds is 1. The number of halogens is 6. The topological polar surface area (TPSA) is 46.3 Å². The Bertz CT molecular complexity index is 565. The number of alkyl halides is 3. The van der Waals surface area contributed by atoms with Crippen LogP contribution >= 0.6 is 0 Å². The fourth-order valence-corrected chi connectivity index (χ4v) is 2.41. The number of hydrogen-bond donors (Lipinski definition) is 1. The number of amides is 1. The monoisotopic (exact) mass is 326 g/mol. The van der Waals surface area contributed by atoms with Gasteiger partial charge in [0.05, 0.1) is 0 Å². The molecule has 2 N–H and O–H groups in total. The molecule has 3 nitrogen and oxygen atoms in total. The van der Waals surface area contributed by atoms with Crippen molar-refractivity contribution in [2.24, 2.45) is 5.73 Å². The maximum absolute atomic E-state index is 13.1. The summed E-state index contributed by atoms with van der Waals surface area (Å²) in [6.07, 6.45) is -5.02. The Hall–Kier alpha value is -1.77. The molecule has 0 saturated carbocycles. The summed E-state index contributed by atoms with van der Waals surface area (Å²) in [4.78, 5) is 12.6. The quantitative estimate of drug-likeness (QED) is 0.637. The molecular weight excluding hydrogens is 314 g/mol. The van der Waals surface area contributed by atoms with Gasteiger partial charge in [-0.25, -0.2) is 13.2 Å². The normalized spacial score (nSPS) is 22.8. The minimum atomic E-state index is -4.69. The number of carbonyl (C=O) groups excluding carboxylic acids is 1. The summed E-state index contributed by atoms with van der Waals surface area (Å²) in [5.41, 5.74) is 4.87. The van der Waals surface area contributed by atoms with E-state index in [1.54, 1.807) is 0 Å². The second kappa shape index (κ2) is 5.79. The lowest BCUT2D eigenvalue weighted by Crippen LogP contribution is -2.56. The number of piperidine rings is 1. The number of hydrogen-bond acceptors (Lipinski definition) is 2. The first-order valence-electron chi connectivity index (χ1n) is 6.39. The van der Waals surface area contributed by atoms with Crippen molar-refractivity contribution in [3.05, 3.63) is 35.1 Å². The van der Waals surface area contributed by atoms with Crippen LogP contribution in [0.2, 0.25) is 0 Å². The molecule has 22 heavy (non-hydrogen) atoms. The highest BCUT2D eigenvalue weighted by Crippen LogP contribution is 2.32. The third kappa shape index (κ3) is 3.18. The third-order valence-electron chi connectivity index (χ3n) is 3.49. The second-order valence-electron chi connectivity index (χ2n) is 5.11. The van der Waals surface area contributed by atoms with E-state index in [1.165, 1.54) is 0 Å². The summed E-state index contributed by atoms with van der Waals surface area (Å²) in [6.45, 7) is -0.399. The molecule has 1 aliphatic heterocycles. The number of nitrogens with zero attached hydrogens (tertiary/aromatic N) is 1. The zero-order chi connectivity index (χ0) is 16.7. The molecule has 0 spiro atoms. The molecule has 1 fully saturated rings. The smallest absolute Gasteiger partial charge is 0.326 e. The highest BCUT2D eigenvalue weighted by molar-refractivity contribution is 5.94. The molecule has 2 atom stereocenters. The lowest BCUT2D eigenvalue weighted by molar-refractivity contribution is -0.184. The van der Waals surface area contributed by atoms with E-state index in [4.69, 9.17) is 5.73 Å². The van der Waals surface area contributed by atoms with Gasteiger partial charge in [-0.05, 0) is 25.0 Å². The highest BCUT2D eigenvalue weighted by atomic mass is 19.4. The molecule has 1 amide bonds. The van der Waals surface area contributed by atoms with Gasteiger partial charge >= 0.3 is 6.18 Å². The van der Waals surface area contributed by atoms with Crippen LogP contribution in [0.25, 0.3) is 0 Å². The Kier molecular flexibility index (Phi) is 4.37. The van der Waals surface area contributed by atoms with Gasteiger partial charge in [0.2, 0.25) is 0 Å². The Labute approximate surface area is 121 Å². The van der Waals surface area contributed by atoms with E-state index in [1.807, 2.05) is 0 Å². The average Bonchev–Trinajstić information content (AvgIpc) is 2.42. The largest absolute Gasteiger partial charge is 0.408 e. The summed E-state index contributed by atoms with van der Waals surface area (Å²) < 4.78 is 78.1. The summed E-state index contributed by atoms with van der Waals surface area (Å²) in [5.74, 6) is -6.32. The standard InChI is InChI=1S/C13H12F6N2O/c14-8-3-6(4-9(15)11(8)16)12(22)21-5-7(20)1-2-10(21)13(17,18)19/h3-4,7,10H,1-2,5,20H2/t7-,10+/m1/s1. The van der Waals surface area contributed by atoms with Gasteiger partial charge in [-0.15, -0.1) is 0 Å². The van der Waals surface area contributed by atoms with Crippen LogP contribution in [-0.4, -0.2) is 35.6 Å². The maximum atomic E-state index is 13.1. The molecule has 0 aromatic heterocycles. The van der Waals surface area contributed by atoms with Crippen LogP contribution in [0.15, 0.2) is 12.1 Å². The van der Waals surface area contributed by atoms with Crippen LogP contribution in [0.1, 0.15) is 23.2 Å². The van der Waals surface area contributed by atoms with Crippen molar-refractivity contribution in [3.63, 3.8) is 0 Å². The highest BCUT2D eigenvalue weighted by Gasteiger charge is 2.47. The molecule has 0 radical (unpaired) electrons. The molecule has 0 unspecified atom stereocenters. The van der Waals surface area contributed by atoms with Crippen LogP contribution in [0.3, 0.4) is 0 Å². The number of nitrogens with two attached hydrogens (primary N) is 1. The number of benzene rings is 1. The van der Waals surface area contributed by atoms with Crippen molar-refractivity contribution < 1.29 is 31.1 Å². The zero-order valence-corrected chi connectivity index (χ0v) is 11.1. The van der Waals surface area contributed by atoms with Crippen LogP contribution in [0.5, 0.6) is 0 Å². The first-order chi connectivity index (χ1) is 10.1. The van der Waals surface area contributed by atoms with Crippen molar-refractivity contribution in [3.8, 4) is 0 Å². The van der Waals surface area contributed by atoms with E-state index in [-0.39, 0.29) is 6.42 Å². The van der Waals surface area contributed by atoms with Crippen LogP contribution in [-0.2, 0) is 0 Å². The number of carbonyl (C=O) groups is 1. The fourth-order valence-electron chi connectivity index (χ4n) is 2.41. The Morgan fingerprint density at radius 2 is 1.68 bits per heavy atom. The van der Waals surface area contributed by atoms with Gasteiger partial charge in [0, 0.05) is 18.2 Å². The third-order valence-corrected chi connectivity index (χ3v) is 3.49. The molecule has 9 heteroatoms. The van der Waals surface area contributed by atoms with Crippen LogP contribution in [0, 0.1) is 17.5 Å².